The molecule has 0 spiro atoms. The van der Waals surface area contributed by atoms with Gasteiger partial charge in [-0.1, -0.05) is 0 Å². The molecule has 0 aliphatic heterocycles. The number of anilines is 1. The monoisotopic (exact) mass is 306 g/mol. The zero-order valence-corrected chi connectivity index (χ0v) is 11.6. The summed E-state index contributed by atoms with van der Waals surface area (Å²) in [4.78, 5) is 33.1. The van der Waals surface area contributed by atoms with Gasteiger partial charge >= 0.3 is 5.97 Å². The standard InChI is InChI=1S/C13H10N2O5S/c1-7-4-8(6-9(5-7)15(19)20)12(16)14-11-3-2-10(21-11)13(17)18/h2-6H,1H3,(H,14,16)(H,17,18). The highest BCUT2D eigenvalue weighted by atomic mass is 32.1. The number of carbonyl (C=O) groups is 2. The number of carboxylic acids is 1. The van der Waals surface area contributed by atoms with Crippen LogP contribution in [0.5, 0.6) is 0 Å². The Kier molecular flexibility index (Phi) is 3.99. The van der Waals surface area contributed by atoms with E-state index in [-0.39, 0.29) is 16.1 Å². The summed E-state index contributed by atoms with van der Waals surface area (Å²) in [6.07, 6.45) is 0. The first kappa shape index (κ1) is 14.7. The van der Waals surface area contributed by atoms with Gasteiger partial charge in [0.2, 0.25) is 0 Å². The van der Waals surface area contributed by atoms with Crippen LogP contribution in [-0.2, 0) is 0 Å². The lowest BCUT2D eigenvalue weighted by Crippen LogP contribution is -2.11. The van der Waals surface area contributed by atoms with Crippen molar-refractivity contribution in [3.63, 3.8) is 0 Å². The first-order valence-electron chi connectivity index (χ1n) is 5.77. The largest absolute Gasteiger partial charge is 0.477 e. The van der Waals surface area contributed by atoms with Crippen LogP contribution in [0, 0.1) is 17.0 Å². The predicted molar refractivity (Wildman–Crippen MR) is 77.1 cm³/mol. The highest BCUT2D eigenvalue weighted by molar-refractivity contribution is 7.18. The summed E-state index contributed by atoms with van der Waals surface area (Å²) >= 11 is 0.913. The zero-order valence-electron chi connectivity index (χ0n) is 10.8. The fraction of sp³-hybridized carbons (Fsp3) is 0.0769. The first-order chi connectivity index (χ1) is 9.86. The average molecular weight is 306 g/mol. The molecule has 108 valence electrons. The number of amides is 1. The number of carboxylic acid groups (broad SMARTS) is 1. The lowest BCUT2D eigenvalue weighted by molar-refractivity contribution is -0.384. The molecule has 1 aromatic heterocycles. The topological polar surface area (TPSA) is 110 Å². The molecule has 1 aromatic carbocycles. The number of aromatic carboxylic acids is 1. The molecule has 0 aliphatic rings. The number of nitrogens with one attached hydrogen (secondary N) is 1. The van der Waals surface area contributed by atoms with E-state index in [9.17, 15) is 19.7 Å². The summed E-state index contributed by atoms with van der Waals surface area (Å²) in [5.41, 5.74) is 0.566. The summed E-state index contributed by atoms with van der Waals surface area (Å²) in [6, 6.07) is 6.91. The third-order valence-electron chi connectivity index (χ3n) is 2.59. The van der Waals surface area contributed by atoms with E-state index in [4.69, 9.17) is 5.11 Å². The molecule has 0 radical (unpaired) electrons. The summed E-state index contributed by atoms with van der Waals surface area (Å²) in [6.45, 7) is 1.65. The van der Waals surface area contributed by atoms with Gasteiger partial charge in [0.25, 0.3) is 11.6 Å². The molecule has 1 heterocycles. The van der Waals surface area contributed by atoms with Crippen molar-refractivity contribution in [2.45, 2.75) is 6.92 Å². The van der Waals surface area contributed by atoms with Crippen LogP contribution in [0.1, 0.15) is 25.6 Å². The lowest BCUT2D eigenvalue weighted by atomic mass is 10.1. The molecule has 21 heavy (non-hydrogen) atoms. The number of hydrogen-bond acceptors (Lipinski definition) is 5. The van der Waals surface area contributed by atoms with Crippen molar-refractivity contribution in [1.29, 1.82) is 0 Å². The maximum Gasteiger partial charge on any atom is 0.345 e. The molecule has 0 bridgehead atoms. The molecule has 2 aromatic rings. The minimum atomic E-state index is -1.08. The van der Waals surface area contributed by atoms with Crippen LogP contribution < -0.4 is 5.32 Å². The lowest BCUT2D eigenvalue weighted by Gasteiger charge is -2.04. The van der Waals surface area contributed by atoms with Crippen molar-refractivity contribution in [2.24, 2.45) is 0 Å². The van der Waals surface area contributed by atoms with E-state index in [1.807, 2.05) is 0 Å². The highest BCUT2D eigenvalue weighted by Crippen LogP contribution is 2.23. The predicted octanol–water partition coefficient (Wildman–Crippen LogP) is 2.92. The molecule has 0 unspecified atom stereocenters. The van der Waals surface area contributed by atoms with E-state index in [2.05, 4.69) is 5.32 Å². The number of carbonyl (C=O) groups excluding carboxylic acids is 1. The van der Waals surface area contributed by atoms with Gasteiger partial charge in [-0.05, 0) is 30.7 Å². The molecule has 1 amide bonds. The van der Waals surface area contributed by atoms with Gasteiger partial charge in [0, 0.05) is 17.7 Å². The molecule has 8 heteroatoms. The molecular formula is C13H10N2O5S. The highest BCUT2D eigenvalue weighted by Gasteiger charge is 2.15. The van der Waals surface area contributed by atoms with Crippen LogP contribution in [0.25, 0.3) is 0 Å². The van der Waals surface area contributed by atoms with Gasteiger partial charge in [0.05, 0.1) is 9.92 Å². The van der Waals surface area contributed by atoms with Gasteiger partial charge in [0.15, 0.2) is 0 Å². The number of thiophene rings is 1. The number of hydrogen-bond donors (Lipinski definition) is 2. The van der Waals surface area contributed by atoms with Crippen molar-refractivity contribution in [1.82, 2.24) is 0 Å². The molecule has 2 N–H and O–H groups in total. The SMILES string of the molecule is Cc1cc(C(=O)Nc2ccc(C(=O)O)s2)cc([N+](=O)[O-])c1. The fourth-order valence-electron chi connectivity index (χ4n) is 1.70. The van der Waals surface area contributed by atoms with Gasteiger partial charge in [-0.3, -0.25) is 14.9 Å². The third-order valence-corrected chi connectivity index (χ3v) is 3.58. The van der Waals surface area contributed by atoms with Crippen molar-refractivity contribution in [3.05, 3.63) is 56.5 Å². The van der Waals surface area contributed by atoms with Crippen LogP contribution in [0.4, 0.5) is 10.7 Å². The van der Waals surface area contributed by atoms with Crippen LogP contribution in [-0.4, -0.2) is 21.9 Å². The maximum atomic E-state index is 12.0. The van der Waals surface area contributed by atoms with Crippen LogP contribution in [0.2, 0.25) is 0 Å². The average Bonchev–Trinajstić information content (AvgIpc) is 2.86. The number of rotatable bonds is 4. The quantitative estimate of drug-likeness (QED) is 0.666. The Morgan fingerprint density at radius 2 is 2.00 bits per heavy atom. The first-order valence-corrected chi connectivity index (χ1v) is 6.59. The van der Waals surface area contributed by atoms with Crippen molar-refractivity contribution in [3.8, 4) is 0 Å². The molecule has 0 saturated carbocycles. The minimum absolute atomic E-state index is 0.0977. The van der Waals surface area contributed by atoms with E-state index in [1.54, 1.807) is 6.92 Å². The van der Waals surface area contributed by atoms with Gasteiger partial charge in [-0.2, -0.15) is 0 Å². The Morgan fingerprint density at radius 3 is 2.57 bits per heavy atom. The number of aryl methyl sites for hydroxylation is 1. The fourth-order valence-corrected chi connectivity index (χ4v) is 2.44. The number of nitro benzene ring substituents is 1. The van der Waals surface area contributed by atoms with Gasteiger partial charge in [0.1, 0.15) is 4.88 Å². The molecule has 7 nitrogen and oxygen atoms in total. The van der Waals surface area contributed by atoms with E-state index in [0.717, 1.165) is 11.3 Å². The molecule has 0 saturated heterocycles. The Labute approximate surface area is 123 Å². The summed E-state index contributed by atoms with van der Waals surface area (Å²) in [5.74, 6) is -1.60. The number of nitro groups is 1. The van der Waals surface area contributed by atoms with E-state index >= 15 is 0 Å². The normalized spacial score (nSPS) is 10.1. The summed E-state index contributed by atoms with van der Waals surface area (Å²) in [5, 5.41) is 22.5. The van der Waals surface area contributed by atoms with Crippen LogP contribution in [0.3, 0.4) is 0 Å². The summed E-state index contributed by atoms with van der Waals surface area (Å²) in [7, 11) is 0. The second-order valence-corrected chi connectivity index (χ2v) is 5.32. The smallest absolute Gasteiger partial charge is 0.345 e. The molecule has 0 fully saturated rings. The van der Waals surface area contributed by atoms with E-state index < -0.39 is 16.8 Å². The van der Waals surface area contributed by atoms with Crippen LogP contribution >= 0.6 is 11.3 Å². The summed E-state index contributed by atoms with van der Waals surface area (Å²) < 4.78 is 0. The van der Waals surface area contributed by atoms with Gasteiger partial charge in [-0.15, -0.1) is 11.3 Å². The molecule has 0 atom stereocenters. The second-order valence-electron chi connectivity index (χ2n) is 4.24. The number of nitrogens with zero attached hydrogens (tertiary/aromatic N) is 1. The van der Waals surface area contributed by atoms with E-state index in [1.165, 1.54) is 30.3 Å². The Balaban J connectivity index is 2.23. The van der Waals surface area contributed by atoms with Crippen LogP contribution in [0.15, 0.2) is 30.3 Å². The molecular weight excluding hydrogens is 296 g/mol. The van der Waals surface area contributed by atoms with Crippen molar-refractivity contribution < 1.29 is 19.6 Å². The van der Waals surface area contributed by atoms with Gasteiger partial charge in [-0.25, -0.2) is 4.79 Å². The maximum absolute atomic E-state index is 12.0. The van der Waals surface area contributed by atoms with Crippen molar-refractivity contribution >= 4 is 33.9 Å². The number of benzene rings is 1. The Bertz CT molecular complexity index is 738. The minimum Gasteiger partial charge on any atom is -0.477 e. The zero-order chi connectivity index (χ0) is 15.6. The Morgan fingerprint density at radius 1 is 1.29 bits per heavy atom. The second kappa shape index (κ2) is 5.71. The Hall–Kier alpha value is -2.74. The third kappa shape index (κ3) is 3.42. The van der Waals surface area contributed by atoms with Gasteiger partial charge < -0.3 is 10.4 Å². The molecule has 2 rings (SSSR count). The number of non-ortho nitro benzene ring substituents is 1. The molecule has 0 aliphatic carbocycles. The van der Waals surface area contributed by atoms with Crippen molar-refractivity contribution in [2.75, 3.05) is 5.32 Å². The van der Waals surface area contributed by atoms with E-state index in [0.29, 0.717) is 10.6 Å².